The number of nitrogens with zero attached hydrogens (tertiary/aromatic N) is 2. The van der Waals surface area contributed by atoms with Gasteiger partial charge in [-0.15, -0.1) is 0 Å². The maximum atomic E-state index is 6.52. The number of methoxy groups -OCH3 is 1. The van der Waals surface area contributed by atoms with Crippen LogP contribution in [0.5, 0.6) is 5.75 Å². The van der Waals surface area contributed by atoms with E-state index in [1.165, 1.54) is 11.1 Å². The molecule has 0 aliphatic carbocycles. The van der Waals surface area contributed by atoms with Gasteiger partial charge in [-0.05, 0) is 24.5 Å². The highest BCUT2D eigenvalue weighted by Crippen LogP contribution is 2.38. The Labute approximate surface area is 124 Å². The summed E-state index contributed by atoms with van der Waals surface area (Å²) >= 11 is 0. The van der Waals surface area contributed by atoms with E-state index in [0.29, 0.717) is 6.61 Å². The fourth-order valence-electron chi connectivity index (χ4n) is 2.99. The first kappa shape index (κ1) is 14.1. The van der Waals surface area contributed by atoms with Crippen molar-refractivity contribution in [3.8, 4) is 5.75 Å². The van der Waals surface area contributed by atoms with Crippen molar-refractivity contribution in [3.63, 3.8) is 0 Å². The standard InChI is InChI=1S/C16H21N3O2/c1-3-19-15(13(20-2)10-18-19)14(17)16-12-7-5-4-6-11(12)8-9-21-16/h4-7,10,14,16H,3,8-9,17H2,1-2H3. The van der Waals surface area contributed by atoms with E-state index in [2.05, 4.69) is 23.3 Å². The number of aromatic nitrogens is 2. The van der Waals surface area contributed by atoms with Crippen LogP contribution in [0.3, 0.4) is 0 Å². The molecular weight excluding hydrogens is 266 g/mol. The Kier molecular flexibility index (Phi) is 3.94. The quantitative estimate of drug-likeness (QED) is 0.936. The largest absolute Gasteiger partial charge is 0.493 e. The van der Waals surface area contributed by atoms with Gasteiger partial charge in [0, 0.05) is 6.54 Å². The molecule has 3 rings (SSSR count). The smallest absolute Gasteiger partial charge is 0.161 e. The Bertz CT molecular complexity index is 602. The zero-order valence-corrected chi connectivity index (χ0v) is 12.5. The minimum absolute atomic E-state index is 0.161. The first-order valence-corrected chi connectivity index (χ1v) is 7.31. The third kappa shape index (κ3) is 2.43. The molecule has 5 heteroatoms. The second-order valence-electron chi connectivity index (χ2n) is 5.18. The molecule has 2 N–H and O–H groups in total. The number of nitrogens with two attached hydrogens (primary N) is 1. The maximum absolute atomic E-state index is 6.52. The number of ether oxygens (including phenoxy) is 2. The van der Waals surface area contributed by atoms with Crippen LogP contribution in [0.15, 0.2) is 30.5 Å². The molecule has 1 aliphatic heterocycles. The van der Waals surface area contributed by atoms with Crippen molar-refractivity contribution in [3.05, 3.63) is 47.3 Å². The summed E-state index contributed by atoms with van der Waals surface area (Å²) in [5.74, 6) is 0.719. The summed E-state index contributed by atoms with van der Waals surface area (Å²) in [6.07, 6.45) is 2.49. The first-order valence-electron chi connectivity index (χ1n) is 7.31. The summed E-state index contributed by atoms with van der Waals surface area (Å²) in [6.45, 7) is 3.48. The lowest BCUT2D eigenvalue weighted by Gasteiger charge is -2.31. The summed E-state index contributed by atoms with van der Waals surface area (Å²) in [7, 11) is 1.64. The van der Waals surface area contributed by atoms with Gasteiger partial charge in [-0.25, -0.2) is 0 Å². The summed E-state index contributed by atoms with van der Waals surface area (Å²) < 4.78 is 13.3. The molecule has 5 nitrogen and oxygen atoms in total. The average Bonchev–Trinajstić information content (AvgIpc) is 2.96. The number of rotatable bonds is 4. The normalized spacial score (nSPS) is 19.1. The van der Waals surface area contributed by atoms with Gasteiger partial charge in [0.05, 0.1) is 26.0 Å². The van der Waals surface area contributed by atoms with E-state index < -0.39 is 0 Å². The van der Waals surface area contributed by atoms with Crippen molar-refractivity contribution in [1.29, 1.82) is 0 Å². The van der Waals surface area contributed by atoms with Gasteiger partial charge in [0.15, 0.2) is 5.75 Å². The lowest BCUT2D eigenvalue weighted by molar-refractivity contribution is 0.0217. The van der Waals surface area contributed by atoms with Gasteiger partial charge < -0.3 is 15.2 Å². The zero-order valence-electron chi connectivity index (χ0n) is 12.5. The lowest BCUT2D eigenvalue weighted by Crippen LogP contribution is -2.29. The minimum Gasteiger partial charge on any atom is -0.493 e. The van der Waals surface area contributed by atoms with Gasteiger partial charge in [0.25, 0.3) is 0 Å². The Morgan fingerprint density at radius 2 is 2.29 bits per heavy atom. The molecular formula is C16H21N3O2. The van der Waals surface area contributed by atoms with E-state index >= 15 is 0 Å². The number of hydrogen-bond acceptors (Lipinski definition) is 4. The lowest BCUT2D eigenvalue weighted by atomic mass is 9.92. The third-order valence-corrected chi connectivity index (χ3v) is 4.04. The Morgan fingerprint density at radius 3 is 3.05 bits per heavy atom. The highest BCUT2D eigenvalue weighted by atomic mass is 16.5. The summed E-state index contributed by atoms with van der Waals surface area (Å²) in [4.78, 5) is 0. The van der Waals surface area contributed by atoms with Crippen molar-refractivity contribution < 1.29 is 9.47 Å². The second-order valence-corrected chi connectivity index (χ2v) is 5.18. The number of benzene rings is 1. The molecule has 1 aromatic carbocycles. The molecule has 1 aliphatic rings. The maximum Gasteiger partial charge on any atom is 0.161 e. The van der Waals surface area contributed by atoms with Crippen LogP contribution in [0, 0.1) is 0 Å². The van der Waals surface area contributed by atoms with Crippen LogP contribution in [0.1, 0.15) is 35.9 Å². The van der Waals surface area contributed by atoms with Gasteiger partial charge in [0.2, 0.25) is 0 Å². The monoisotopic (exact) mass is 287 g/mol. The molecule has 2 heterocycles. The van der Waals surface area contributed by atoms with Gasteiger partial charge in [-0.3, -0.25) is 4.68 Å². The number of aryl methyl sites for hydroxylation is 1. The van der Waals surface area contributed by atoms with E-state index in [1.807, 2.05) is 17.7 Å². The SMILES string of the molecule is CCn1ncc(OC)c1C(N)C1OCCc2ccccc21. The molecule has 2 atom stereocenters. The van der Waals surface area contributed by atoms with E-state index in [0.717, 1.165) is 24.4 Å². The topological polar surface area (TPSA) is 62.3 Å². The van der Waals surface area contributed by atoms with E-state index in [4.69, 9.17) is 15.2 Å². The average molecular weight is 287 g/mol. The Morgan fingerprint density at radius 1 is 1.48 bits per heavy atom. The molecule has 0 saturated carbocycles. The molecule has 112 valence electrons. The van der Waals surface area contributed by atoms with Crippen molar-refractivity contribution in [2.24, 2.45) is 5.73 Å². The minimum atomic E-state index is -0.302. The van der Waals surface area contributed by atoms with Gasteiger partial charge >= 0.3 is 0 Å². The second kappa shape index (κ2) is 5.87. The van der Waals surface area contributed by atoms with Crippen LogP contribution in [-0.2, 0) is 17.7 Å². The number of fused-ring (bicyclic) bond motifs is 1. The van der Waals surface area contributed by atoms with Crippen LogP contribution in [0.25, 0.3) is 0 Å². The summed E-state index contributed by atoms with van der Waals surface area (Å²) in [6, 6.07) is 8.03. The highest BCUT2D eigenvalue weighted by molar-refractivity contribution is 5.36. The van der Waals surface area contributed by atoms with Crippen LogP contribution in [0.4, 0.5) is 0 Å². The first-order chi connectivity index (χ1) is 10.3. The molecule has 0 fully saturated rings. The van der Waals surface area contributed by atoms with Crippen molar-refractivity contribution in [2.45, 2.75) is 32.0 Å². The molecule has 0 amide bonds. The van der Waals surface area contributed by atoms with Gasteiger partial charge in [-0.2, -0.15) is 5.10 Å². The van der Waals surface area contributed by atoms with Crippen molar-refractivity contribution >= 4 is 0 Å². The van der Waals surface area contributed by atoms with Crippen LogP contribution >= 0.6 is 0 Å². The number of hydrogen-bond donors (Lipinski definition) is 1. The summed E-state index contributed by atoms with van der Waals surface area (Å²) in [5.41, 5.74) is 9.89. The molecule has 0 radical (unpaired) electrons. The van der Waals surface area contributed by atoms with Crippen LogP contribution in [0.2, 0.25) is 0 Å². The Balaban J connectivity index is 2.00. The molecule has 21 heavy (non-hydrogen) atoms. The third-order valence-electron chi connectivity index (χ3n) is 4.04. The molecule has 0 saturated heterocycles. The van der Waals surface area contributed by atoms with Crippen molar-refractivity contribution in [2.75, 3.05) is 13.7 Å². The van der Waals surface area contributed by atoms with E-state index in [1.54, 1.807) is 13.3 Å². The van der Waals surface area contributed by atoms with Crippen LogP contribution < -0.4 is 10.5 Å². The Hall–Kier alpha value is -1.85. The van der Waals surface area contributed by atoms with E-state index in [-0.39, 0.29) is 12.1 Å². The van der Waals surface area contributed by atoms with Crippen molar-refractivity contribution in [1.82, 2.24) is 9.78 Å². The van der Waals surface area contributed by atoms with Gasteiger partial charge in [0.1, 0.15) is 11.8 Å². The molecule has 1 aromatic heterocycles. The molecule has 0 bridgehead atoms. The van der Waals surface area contributed by atoms with Gasteiger partial charge in [-0.1, -0.05) is 24.3 Å². The molecule has 2 unspecified atom stereocenters. The fraction of sp³-hybridized carbons (Fsp3) is 0.438. The predicted octanol–water partition coefficient (Wildman–Crippen LogP) is 2.23. The van der Waals surface area contributed by atoms with E-state index in [9.17, 15) is 0 Å². The fourth-order valence-corrected chi connectivity index (χ4v) is 2.99. The summed E-state index contributed by atoms with van der Waals surface area (Å²) in [5, 5.41) is 4.33. The molecule has 2 aromatic rings. The molecule has 0 spiro atoms. The van der Waals surface area contributed by atoms with Crippen LogP contribution in [-0.4, -0.2) is 23.5 Å². The zero-order chi connectivity index (χ0) is 14.8. The predicted molar refractivity (Wildman–Crippen MR) is 80.2 cm³/mol. The highest BCUT2D eigenvalue weighted by Gasteiger charge is 2.31.